The van der Waals surface area contributed by atoms with Gasteiger partial charge < -0.3 is 16.4 Å². The number of carbonyl (C=O) groups excluding carboxylic acids is 2. The predicted octanol–water partition coefficient (Wildman–Crippen LogP) is -1.65. The summed E-state index contributed by atoms with van der Waals surface area (Å²) in [5.74, 6) is -0.384. The third-order valence-electron chi connectivity index (χ3n) is 2.59. The third-order valence-corrected chi connectivity index (χ3v) is 2.59. The van der Waals surface area contributed by atoms with Gasteiger partial charge in [-0.3, -0.25) is 14.5 Å². The molecule has 0 aromatic heterocycles. The number of nitrogens with two attached hydrogens (primary N) is 2. The molecule has 1 fully saturated rings. The average molecular weight is 228 g/mol. The van der Waals surface area contributed by atoms with Gasteiger partial charge in [0.2, 0.25) is 11.8 Å². The van der Waals surface area contributed by atoms with Crippen molar-refractivity contribution in [3.05, 3.63) is 0 Å². The molecule has 4 N–H and O–H groups in total. The quantitative estimate of drug-likeness (QED) is 0.605. The van der Waals surface area contributed by atoms with Gasteiger partial charge in [0.1, 0.15) is 0 Å². The molecule has 1 heterocycles. The minimum Gasteiger partial charge on any atom is -0.369 e. The van der Waals surface area contributed by atoms with Gasteiger partial charge >= 0.3 is 0 Å². The van der Waals surface area contributed by atoms with Crippen LogP contribution in [0.4, 0.5) is 0 Å². The van der Waals surface area contributed by atoms with E-state index < -0.39 is 5.54 Å². The summed E-state index contributed by atoms with van der Waals surface area (Å²) < 4.78 is 0. The second-order valence-electron chi connectivity index (χ2n) is 4.76. The zero-order valence-corrected chi connectivity index (χ0v) is 9.90. The Bertz CT molecular complexity index is 277. The fourth-order valence-electron chi connectivity index (χ4n) is 1.74. The van der Waals surface area contributed by atoms with Crippen LogP contribution in [0.3, 0.4) is 0 Å². The van der Waals surface area contributed by atoms with Crippen molar-refractivity contribution < 1.29 is 9.59 Å². The lowest BCUT2D eigenvalue weighted by molar-refractivity contribution is -0.137. The molecule has 0 spiro atoms. The summed E-state index contributed by atoms with van der Waals surface area (Å²) in [7, 11) is 0. The van der Waals surface area contributed by atoms with Crippen LogP contribution in [0, 0.1) is 0 Å². The van der Waals surface area contributed by atoms with E-state index in [0.717, 1.165) is 0 Å². The summed E-state index contributed by atoms with van der Waals surface area (Å²) in [5.41, 5.74) is 10.0. The van der Waals surface area contributed by atoms with Gasteiger partial charge in [0.15, 0.2) is 0 Å². The van der Waals surface area contributed by atoms with Crippen molar-refractivity contribution in [3.8, 4) is 0 Å². The molecule has 16 heavy (non-hydrogen) atoms. The number of hydrogen-bond acceptors (Lipinski definition) is 4. The maximum atomic E-state index is 11.8. The number of nitrogens with zero attached hydrogens (tertiary/aromatic N) is 2. The lowest BCUT2D eigenvalue weighted by Gasteiger charge is -2.37. The molecule has 1 rings (SSSR count). The number of hydrogen-bond donors (Lipinski definition) is 2. The molecule has 2 amide bonds. The van der Waals surface area contributed by atoms with Crippen LogP contribution in [0.15, 0.2) is 0 Å². The first-order chi connectivity index (χ1) is 7.30. The van der Waals surface area contributed by atoms with Gasteiger partial charge in [-0.05, 0) is 13.8 Å². The summed E-state index contributed by atoms with van der Waals surface area (Å²) in [6.45, 7) is 6.21. The highest BCUT2D eigenvalue weighted by atomic mass is 16.2. The molecule has 0 aliphatic carbocycles. The van der Waals surface area contributed by atoms with Crippen molar-refractivity contribution in [3.63, 3.8) is 0 Å². The van der Waals surface area contributed by atoms with E-state index in [1.165, 1.54) is 0 Å². The topological polar surface area (TPSA) is 92.7 Å². The molecule has 92 valence electrons. The Morgan fingerprint density at radius 2 is 1.69 bits per heavy atom. The Morgan fingerprint density at radius 3 is 2.06 bits per heavy atom. The van der Waals surface area contributed by atoms with Gasteiger partial charge in [-0.25, -0.2) is 0 Å². The number of rotatable bonds is 3. The molecule has 1 aliphatic rings. The Morgan fingerprint density at radius 1 is 1.19 bits per heavy atom. The highest BCUT2D eigenvalue weighted by molar-refractivity contribution is 5.85. The van der Waals surface area contributed by atoms with E-state index in [0.29, 0.717) is 26.2 Å². The third kappa shape index (κ3) is 3.46. The molecule has 0 radical (unpaired) electrons. The maximum absolute atomic E-state index is 11.8. The van der Waals surface area contributed by atoms with Crippen LogP contribution in [0.1, 0.15) is 13.8 Å². The molecule has 6 nitrogen and oxygen atoms in total. The van der Waals surface area contributed by atoms with Crippen molar-refractivity contribution in [2.75, 3.05) is 32.7 Å². The van der Waals surface area contributed by atoms with Gasteiger partial charge in [-0.2, -0.15) is 0 Å². The van der Waals surface area contributed by atoms with Crippen LogP contribution in [-0.2, 0) is 9.59 Å². The van der Waals surface area contributed by atoms with Crippen molar-refractivity contribution >= 4 is 11.8 Å². The van der Waals surface area contributed by atoms with Crippen molar-refractivity contribution in [2.24, 2.45) is 11.5 Å². The van der Waals surface area contributed by atoms with E-state index in [1.54, 1.807) is 18.7 Å². The van der Waals surface area contributed by atoms with Gasteiger partial charge in [-0.1, -0.05) is 0 Å². The SMILES string of the molecule is CC(C)(N)C(=O)N1CCN(CC(N)=O)CC1. The first-order valence-corrected chi connectivity index (χ1v) is 5.39. The first-order valence-electron chi connectivity index (χ1n) is 5.39. The molecule has 0 saturated carbocycles. The van der Waals surface area contributed by atoms with Gasteiger partial charge in [0.25, 0.3) is 0 Å². The molecular formula is C10H20N4O2. The standard InChI is InChI=1S/C10H20N4O2/c1-10(2,12)9(16)14-5-3-13(4-6-14)7-8(11)15/h3-7,12H2,1-2H3,(H2,11,15). The molecule has 0 aromatic rings. The molecule has 0 unspecified atom stereocenters. The summed E-state index contributed by atoms with van der Waals surface area (Å²) in [4.78, 5) is 26.2. The van der Waals surface area contributed by atoms with Crippen molar-refractivity contribution in [2.45, 2.75) is 19.4 Å². The highest BCUT2D eigenvalue weighted by Gasteiger charge is 2.30. The summed E-state index contributed by atoms with van der Waals surface area (Å²) >= 11 is 0. The first kappa shape index (κ1) is 12.9. The van der Waals surface area contributed by atoms with E-state index in [4.69, 9.17) is 11.5 Å². The van der Waals surface area contributed by atoms with Crippen LogP contribution in [-0.4, -0.2) is 59.9 Å². The summed E-state index contributed by atoms with van der Waals surface area (Å²) in [5, 5.41) is 0. The number of amides is 2. The smallest absolute Gasteiger partial charge is 0.242 e. The summed E-state index contributed by atoms with van der Waals surface area (Å²) in [6, 6.07) is 0. The van der Waals surface area contributed by atoms with E-state index in [1.807, 2.05) is 4.90 Å². The van der Waals surface area contributed by atoms with Crippen molar-refractivity contribution in [1.29, 1.82) is 0 Å². The Balaban J connectivity index is 2.43. The van der Waals surface area contributed by atoms with Crippen LogP contribution in [0.25, 0.3) is 0 Å². The van der Waals surface area contributed by atoms with Crippen LogP contribution < -0.4 is 11.5 Å². The normalized spacial score (nSPS) is 18.6. The van der Waals surface area contributed by atoms with Crippen LogP contribution in [0.2, 0.25) is 0 Å². The predicted molar refractivity (Wildman–Crippen MR) is 60.5 cm³/mol. The van der Waals surface area contributed by atoms with E-state index in [-0.39, 0.29) is 18.4 Å². The molecule has 6 heteroatoms. The molecule has 1 saturated heterocycles. The minimum atomic E-state index is -0.828. The van der Waals surface area contributed by atoms with Gasteiger partial charge in [0.05, 0.1) is 12.1 Å². The molecule has 0 atom stereocenters. The Kier molecular flexibility index (Phi) is 3.88. The monoisotopic (exact) mass is 228 g/mol. The zero-order valence-electron chi connectivity index (χ0n) is 9.90. The molecule has 0 aromatic carbocycles. The Hall–Kier alpha value is -1.14. The average Bonchev–Trinajstić information content (AvgIpc) is 2.15. The fourth-order valence-corrected chi connectivity index (χ4v) is 1.74. The van der Waals surface area contributed by atoms with Crippen molar-refractivity contribution in [1.82, 2.24) is 9.80 Å². The fraction of sp³-hybridized carbons (Fsp3) is 0.800. The second kappa shape index (κ2) is 4.80. The number of piperazine rings is 1. The molecule has 0 bridgehead atoms. The van der Waals surface area contributed by atoms with Gasteiger partial charge in [0, 0.05) is 26.2 Å². The van der Waals surface area contributed by atoms with Gasteiger partial charge in [-0.15, -0.1) is 0 Å². The minimum absolute atomic E-state index is 0.0498. The van der Waals surface area contributed by atoms with E-state index >= 15 is 0 Å². The number of primary amides is 1. The largest absolute Gasteiger partial charge is 0.369 e. The van der Waals surface area contributed by atoms with Crippen LogP contribution in [0.5, 0.6) is 0 Å². The van der Waals surface area contributed by atoms with E-state index in [2.05, 4.69) is 0 Å². The van der Waals surface area contributed by atoms with E-state index in [9.17, 15) is 9.59 Å². The maximum Gasteiger partial charge on any atom is 0.242 e. The molecular weight excluding hydrogens is 208 g/mol. The highest BCUT2D eigenvalue weighted by Crippen LogP contribution is 2.08. The molecule has 1 aliphatic heterocycles. The number of carbonyl (C=O) groups is 2. The zero-order chi connectivity index (χ0) is 12.3. The lowest BCUT2D eigenvalue weighted by atomic mass is 10.0. The Labute approximate surface area is 95.5 Å². The summed E-state index contributed by atoms with van der Waals surface area (Å²) in [6.07, 6.45) is 0. The second-order valence-corrected chi connectivity index (χ2v) is 4.76. The van der Waals surface area contributed by atoms with Crippen LogP contribution >= 0.6 is 0 Å². The lowest BCUT2D eigenvalue weighted by Crippen LogP contribution is -2.57.